The molecule has 0 aromatic rings. The van der Waals surface area contributed by atoms with Crippen molar-refractivity contribution < 1.29 is 14.2 Å². The molecule has 0 amide bonds. The Morgan fingerprint density at radius 1 is 1.25 bits per heavy atom. The van der Waals surface area contributed by atoms with Gasteiger partial charge in [-0.05, 0) is 6.42 Å². The van der Waals surface area contributed by atoms with E-state index in [0.29, 0.717) is 5.25 Å². The van der Waals surface area contributed by atoms with Crippen molar-refractivity contribution in [1.82, 2.24) is 0 Å². The molecular formula is C8H16O3S. The van der Waals surface area contributed by atoms with Crippen molar-refractivity contribution in [3.05, 3.63) is 0 Å². The maximum atomic E-state index is 5.29. The van der Waals surface area contributed by atoms with Crippen molar-refractivity contribution in [2.45, 2.75) is 23.2 Å². The maximum Gasteiger partial charge on any atom is 0.129 e. The van der Waals surface area contributed by atoms with Crippen molar-refractivity contribution >= 4 is 11.8 Å². The molecule has 1 fully saturated rings. The highest BCUT2D eigenvalue weighted by Crippen LogP contribution is 2.35. The van der Waals surface area contributed by atoms with Gasteiger partial charge in [0.15, 0.2) is 0 Å². The zero-order valence-corrected chi connectivity index (χ0v) is 8.60. The molecule has 1 aliphatic rings. The summed E-state index contributed by atoms with van der Waals surface area (Å²) in [5, 5.41) is 0.518. The highest BCUT2D eigenvalue weighted by atomic mass is 32.2. The Morgan fingerprint density at radius 3 is 2.42 bits per heavy atom. The van der Waals surface area contributed by atoms with Gasteiger partial charge in [-0.15, -0.1) is 11.8 Å². The SMILES string of the molecule is COCC1CC(OC)C(OC)S1. The zero-order valence-electron chi connectivity index (χ0n) is 7.78. The van der Waals surface area contributed by atoms with Crippen LogP contribution in [-0.2, 0) is 14.2 Å². The second-order valence-electron chi connectivity index (χ2n) is 2.83. The van der Waals surface area contributed by atoms with E-state index in [9.17, 15) is 0 Å². The molecule has 72 valence electrons. The Morgan fingerprint density at radius 2 is 2.00 bits per heavy atom. The number of hydrogen-bond donors (Lipinski definition) is 0. The third-order valence-corrected chi connectivity index (χ3v) is 3.49. The second-order valence-corrected chi connectivity index (χ2v) is 4.23. The van der Waals surface area contributed by atoms with E-state index >= 15 is 0 Å². The fourth-order valence-corrected chi connectivity index (χ4v) is 2.81. The van der Waals surface area contributed by atoms with Crippen LogP contribution in [0.5, 0.6) is 0 Å². The molecule has 0 N–H and O–H groups in total. The van der Waals surface area contributed by atoms with Gasteiger partial charge in [0.2, 0.25) is 0 Å². The van der Waals surface area contributed by atoms with Gasteiger partial charge in [0.1, 0.15) is 5.44 Å². The summed E-state index contributed by atoms with van der Waals surface area (Å²) in [6.45, 7) is 0.782. The topological polar surface area (TPSA) is 27.7 Å². The molecule has 0 aliphatic carbocycles. The van der Waals surface area contributed by atoms with E-state index in [1.165, 1.54) is 0 Å². The van der Waals surface area contributed by atoms with Gasteiger partial charge >= 0.3 is 0 Å². The summed E-state index contributed by atoms with van der Waals surface area (Å²) in [5.41, 5.74) is 0.176. The summed E-state index contributed by atoms with van der Waals surface area (Å²) in [6.07, 6.45) is 1.24. The van der Waals surface area contributed by atoms with Gasteiger partial charge in [-0.2, -0.15) is 0 Å². The molecule has 4 heteroatoms. The van der Waals surface area contributed by atoms with Crippen LogP contribution in [0, 0.1) is 0 Å². The smallest absolute Gasteiger partial charge is 0.129 e. The highest BCUT2D eigenvalue weighted by molar-refractivity contribution is 8.00. The van der Waals surface area contributed by atoms with Gasteiger partial charge in [0.05, 0.1) is 12.7 Å². The molecule has 0 aromatic carbocycles. The van der Waals surface area contributed by atoms with Crippen LogP contribution in [0.25, 0.3) is 0 Å². The molecule has 0 bridgehead atoms. The Labute approximate surface area is 77.8 Å². The average Bonchev–Trinajstić information content (AvgIpc) is 2.48. The quantitative estimate of drug-likeness (QED) is 0.667. The molecule has 0 radical (unpaired) electrons. The van der Waals surface area contributed by atoms with Gasteiger partial charge in [-0.25, -0.2) is 0 Å². The summed E-state index contributed by atoms with van der Waals surface area (Å²) in [7, 11) is 5.17. The molecule has 3 atom stereocenters. The zero-order chi connectivity index (χ0) is 8.97. The van der Waals surface area contributed by atoms with Crippen LogP contribution >= 0.6 is 11.8 Å². The van der Waals surface area contributed by atoms with Crippen LogP contribution in [0.3, 0.4) is 0 Å². The minimum absolute atomic E-state index is 0.176. The summed E-state index contributed by atoms with van der Waals surface area (Å²) in [6, 6.07) is 0. The lowest BCUT2D eigenvalue weighted by Crippen LogP contribution is -2.21. The van der Waals surface area contributed by atoms with E-state index < -0.39 is 0 Å². The van der Waals surface area contributed by atoms with Gasteiger partial charge in [-0.3, -0.25) is 0 Å². The Bertz CT molecular complexity index is 119. The van der Waals surface area contributed by atoms with E-state index in [4.69, 9.17) is 14.2 Å². The molecule has 0 saturated carbocycles. The van der Waals surface area contributed by atoms with E-state index in [1.807, 2.05) is 0 Å². The Balaban J connectivity index is 2.36. The average molecular weight is 192 g/mol. The van der Waals surface area contributed by atoms with Crippen LogP contribution in [0.4, 0.5) is 0 Å². The van der Waals surface area contributed by atoms with Crippen molar-refractivity contribution in [3.8, 4) is 0 Å². The molecule has 1 aliphatic heterocycles. The lowest BCUT2D eigenvalue weighted by Gasteiger charge is -2.14. The van der Waals surface area contributed by atoms with Crippen molar-refractivity contribution in [1.29, 1.82) is 0 Å². The first-order valence-corrected chi connectivity index (χ1v) is 4.96. The Kier molecular flexibility index (Phi) is 4.35. The number of hydrogen-bond acceptors (Lipinski definition) is 4. The third kappa shape index (κ3) is 2.36. The summed E-state index contributed by atoms with van der Waals surface area (Å²) >= 11 is 1.80. The number of ether oxygens (including phenoxy) is 3. The number of thioether (sulfide) groups is 1. The van der Waals surface area contributed by atoms with Crippen LogP contribution in [0.15, 0.2) is 0 Å². The molecule has 0 aromatic heterocycles. The number of methoxy groups -OCH3 is 3. The molecule has 3 unspecified atom stereocenters. The monoisotopic (exact) mass is 192 g/mol. The third-order valence-electron chi connectivity index (χ3n) is 2.01. The predicted molar refractivity (Wildman–Crippen MR) is 49.5 cm³/mol. The largest absolute Gasteiger partial charge is 0.384 e. The Hall–Kier alpha value is 0.230. The first kappa shape index (κ1) is 10.3. The maximum absolute atomic E-state index is 5.29. The lowest BCUT2D eigenvalue weighted by molar-refractivity contribution is 0.0120. The first-order chi connectivity index (χ1) is 5.81. The standard InChI is InChI=1S/C8H16O3S/c1-9-5-6-4-7(10-2)8(11-3)12-6/h6-8H,4-5H2,1-3H3. The van der Waals surface area contributed by atoms with Crippen molar-refractivity contribution in [3.63, 3.8) is 0 Å². The van der Waals surface area contributed by atoms with Gasteiger partial charge in [0.25, 0.3) is 0 Å². The second kappa shape index (κ2) is 5.07. The highest BCUT2D eigenvalue weighted by Gasteiger charge is 2.34. The molecule has 12 heavy (non-hydrogen) atoms. The van der Waals surface area contributed by atoms with Gasteiger partial charge in [0, 0.05) is 26.6 Å². The predicted octanol–water partition coefficient (Wildman–Crippen LogP) is 1.13. The van der Waals surface area contributed by atoms with Crippen LogP contribution in [0.2, 0.25) is 0 Å². The minimum Gasteiger partial charge on any atom is -0.384 e. The summed E-state index contributed by atoms with van der Waals surface area (Å²) < 4.78 is 15.6. The van der Waals surface area contributed by atoms with Crippen LogP contribution in [-0.4, -0.2) is 44.7 Å². The fourth-order valence-electron chi connectivity index (χ4n) is 1.41. The molecule has 3 nitrogen and oxygen atoms in total. The molecule has 0 spiro atoms. The molecular weight excluding hydrogens is 176 g/mol. The molecule has 1 heterocycles. The normalized spacial score (nSPS) is 35.8. The number of rotatable bonds is 4. The van der Waals surface area contributed by atoms with Gasteiger partial charge in [-0.1, -0.05) is 0 Å². The lowest BCUT2D eigenvalue weighted by atomic mass is 10.2. The van der Waals surface area contributed by atoms with Crippen LogP contribution in [0.1, 0.15) is 6.42 Å². The van der Waals surface area contributed by atoms with E-state index in [1.54, 1.807) is 33.1 Å². The van der Waals surface area contributed by atoms with Gasteiger partial charge < -0.3 is 14.2 Å². The first-order valence-electron chi connectivity index (χ1n) is 4.01. The van der Waals surface area contributed by atoms with E-state index in [2.05, 4.69) is 0 Å². The van der Waals surface area contributed by atoms with Crippen molar-refractivity contribution in [2.24, 2.45) is 0 Å². The molecule has 1 saturated heterocycles. The van der Waals surface area contributed by atoms with E-state index in [-0.39, 0.29) is 11.5 Å². The minimum atomic E-state index is 0.176. The fraction of sp³-hybridized carbons (Fsp3) is 1.00. The van der Waals surface area contributed by atoms with E-state index in [0.717, 1.165) is 13.0 Å². The van der Waals surface area contributed by atoms with Crippen molar-refractivity contribution in [2.75, 3.05) is 27.9 Å². The summed E-state index contributed by atoms with van der Waals surface area (Å²) in [5.74, 6) is 0. The summed E-state index contributed by atoms with van der Waals surface area (Å²) in [4.78, 5) is 0. The molecule has 1 rings (SSSR count). The van der Waals surface area contributed by atoms with Crippen LogP contribution < -0.4 is 0 Å².